The van der Waals surface area contributed by atoms with Gasteiger partial charge in [0.25, 0.3) is 5.69 Å². The average molecular weight is 347 g/mol. The fourth-order valence-corrected chi connectivity index (χ4v) is 3.23. The number of rotatable bonds is 9. The number of hydrogen-bond acceptors (Lipinski definition) is 4. The maximum absolute atomic E-state index is 10.6. The number of nitrogens with zero attached hydrogens (tertiary/aromatic N) is 3. The molecule has 0 radical (unpaired) electrons. The van der Waals surface area contributed by atoms with E-state index in [1.54, 1.807) is 12.1 Å². The molecular weight excluding hydrogens is 318 g/mol. The Labute approximate surface area is 149 Å². The lowest BCUT2D eigenvalue weighted by molar-refractivity contribution is -0.384. The Bertz CT molecular complexity index is 573. The number of likely N-dealkylation sites (tertiary alicyclic amines) is 1. The van der Waals surface area contributed by atoms with Crippen LogP contribution in [0, 0.1) is 10.1 Å². The first-order valence-corrected chi connectivity index (χ1v) is 9.11. The summed E-state index contributed by atoms with van der Waals surface area (Å²) in [4.78, 5) is 17.2. The molecule has 1 aliphatic heterocycles. The predicted octanol–water partition coefficient (Wildman–Crippen LogP) is 2.31. The fourth-order valence-electron chi connectivity index (χ4n) is 3.23. The van der Waals surface area contributed by atoms with E-state index in [9.17, 15) is 10.1 Å². The number of unbranched alkanes of at least 4 members (excludes halogenated alkanes) is 1. The van der Waals surface area contributed by atoms with Gasteiger partial charge in [0.1, 0.15) is 0 Å². The summed E-state index contributed by atoms with van der Waals surface area (Å²) in [5.41, 5.74) is 7.19. The Morgan fingerprint density at radius 1 is 1.40 bits per heavy atom. The van der Waals surface area contributed by atoms with Crippen LogP contribution in [0.15, 0.2) is 29.3 Å². The van der Waals surface area contributed by atoms with Crippen molar-refractivity contribution < 1.29 is 4.92 Å². The fraction of sp³-hybridized carbons (Fsp3) is 0.611. The van der Waals surface area contributed by atoms with Gasteiger partial charge in [0.05, 0.1) is 11.5 Å². The molecule has 1 unspecified atom stereocenters. The molecule has 0 amide bonds. The number of aryl methyl sites for hydroxylation is 1. The average Bonchev–Trinajstić information content (AvgIpc) is 3.07. The molecule has 2 rings (SSSR count). The molecule has 1 saturated heterocycles. The molecule has 1 atom stereocenters. The Morgan fingerprint density at radius 3 is 2.84 bits per heavy atom. The number of nitro groups is 1. The maximum Gasteiger partial charge on any atom is 0.269 e. The van der Waals surface area contributed by atoms with Gasteiger partial charge in [-0.2, -0.15) is 0 Å². The molecule has 0 bridgehead atoms. The number of aliphatic imine (C=N–C) groups is 1. The van der Waals surface area contributed by atoms with Crippen molar-refractivity contribution in [3.63, 3.8) is 0 Å². The number of non-ortho nitro benzene ring substituents is 1. The second-order valence-corrected chi connectivity index (χ2v) is 6.46. The number of benzene rings is 1. The van der Waals surface area contributed by atoms with Gasteiger partial charge in [-0.1, -0.05) is 19.1 Å². The molecule has 138 valence electrons. The van der Waals surface area contributed by atoms with E-state index in [4.69, 9.17) is 5.73 Å². The predicted molar refractivity (Wildman–Crippen MR) is 101 cm³/mol. The Morgan fingerprint density at radius 2 is 2.16 bits per heavy atom. The summed E-state index contributed by atoms with van der Waals surface area (Å²) < 4.78 is 0. The highest BCUT2D eigenvalue weighted by Crippen LogP contribution is 2.16. The molecular formula is C18H29N5O2. The molecule has 1 aromatic rings. The normalized spacial score (nSPS) is 18.4. The topological polar surface area (TPSA) is 96.8 Å². The van der Waals surface area contributed by atoms with Gasteiger partial charge in [0, 0.05) is 24.7 Å². The Kier molecular flexibility index (Phi) is 7.66. The van der Waals surface area contributed by atoms with Crippen molar-refractivity contribution in [3.05, 3.63) is 39.9 Å². The number of nitrogens with one attached hydrogen (secondary N) is 1. The Balaban J connectivity index is 1.60. The van der Waals surface area contributed by atoms with E-state index in [0.29, 0.717) is 12.0 Å². The monoisotopic (exact) mass is 347 g/mol. The van der Waals surface area contributed by atoms with E-state index in [1.807, 2.05) is 12.1 Å². The second-order valence-electron chi connectivity index (χ2n) is 6.46. The highest BCUT2D eigenvalue weighted by molar-refractivity contribution is 5.77. The molecule has 0 aliphatic carbocycles. The van der Waals surface area contributed by atoms with Gasteiger partial charge in [-0.3, -0.25) is 20.0 Å². The minimum Gasteiger partial charge on any atom is -0.370 e. The minimum atomic E-state index is -0.374. The van der Waals surface area contributed by atoms with Crippen molar-refractivity contribution in [2.45, 2.75) is 45.1 Å². The zero-order valence-corrected chi connectivity index (χ0v) is 15.0. The molecule has 1 heterocycles. The summed E-state index contributed by atoms with van der Waals surface area (Å²) in [5.74, 6) is 0.526. The van der Waals surface area contributed by atoms with E-state index < -0.39 is 0 Å². The summed E-state index contributed by atoms with van der Waals surface area (Å²) in [6.07, 6.45) is 5.36. The zero-order chi connectivity index (χ0) is 18.1. The lowest BCUT2D eigenvalue weighted by Gasteiger charge is -2.20. The van der Waals surface area contributed by atoms with E-state index in [-0.39, 0.29) is 10.6 Å². The van der Waals surface area contributed by atoms with Crippen LogP contribution in [0.1, 0.15) is 38.2 Å². The van der Waals surface area contributed by atoms with Gasteiger partial charge in [-0.25, -0.2) is 0 Å². The number of guanidine groups is 1. The van der Waals surface area contributed by atoms with Gasteiger partial charge < -0.3 is 11.1 Å². The summed E-state index contributed by atoms with van der Waals surface area (Å²) in [6, 6.07) is 7.29. The number of hydrogen-bond donors (Lipinski definition) is 2. The smallest absolute Gasteiger partial charge is 0.269 e. The summed E-state index contributed by atoms with van der Waals surface area (Å²) in [5, 5.41) is 13.8. The molecule has 7 nitrogen and oxygen atoms in total. The van der Waals surface area contributed by atoms with Crippen LogP contribution < -0.4 is 11.1 Å². The van der Waals surface area contributed by atoms with Crippen LogP contribution in [-0.2, 0) is 6.42 Å². The van der Waals surface area contributed by atoms with Gasteiger partial charge in [0.2, 0.25) is 0 Å². The van der Waals surface area contributed by atoms with E-state index in [1.165, 1.54) is 19.4 Å². The highest BCUT2D eigenvalue weighted by Gasteiger charge is 2.22. The van der Waals surface area contributed by atoms with Crippen LogP contribution in [0.25, 0.3) is 0 Å². The molecule has 0 saturated carbocycles. The van der Waals surface area contributed by atoms with E-state index in [2.05, 4.69) is 22.1 Å². The minimum absolute atomic E-state index is 0.137. The molecule has 1 fully saturated rings. The van der Waals surface area contributed by atoms with Crippen LogP contribution in [0.2, 0.25) is 0 Å². The van der Waals surface area contributed by atoms with Crippen LogP contribution in [0.4, 0.5) is 5.69 Å². The first kappa shape index (κ1) is 19.2. The first-order valence-electron chi connectivity index (χ1n) is 9.11. The lowest BCUT2D eigenvalue weighted by atomic mass is 10.1. The van der Waals surface area contributed by atoms with Crippen LogP contribution in [0.3, 0.4) is 0 Å². The Hall–Kier alpha value is -2.15. The third-order valence-corrected chi connectivity index (χ3v) is 4.72. The molecule has 3 N–H and O–H groups in total. The van der Waals surface area contributed by atoms with E-state index in [0.717, 1.165) is 44.5 Å². The molecule has 0 aromatic heterocycles. The highest BCUT2D eigenvalue weighted by atomic mass is 16.6. The number of nitro benzene ring substituents is 1. The van der Waals surface area contributed by atoms with Crippen molar-refractivity contribution in [2.75, 3.05) is 26.2 Å². The third-order valence-electron chi connectivity index (χ3n) is 4.72. The van der Waals surface area contributed by atoms with Gasteiger partial charge in [-0.15, -0.1) is 0 Å². The second kappa shape index (κ2) is 9.98. The SMILES string of the molecule is CCN1CCCC1CN=C(N)NCCCCc1ccc([N+](=O)[O-])cc1. The van der Waals surface area contributed by atoms with Crippen molar-refractivity contribution in [1.82, 2.24) is 10.2 Å². The van der Waals surface area contributed by atoms with Crippen molar-refractivity contribution in [1.29, 1.82) is 0 Å². The molecule has 1 aromatic carbocycles. The van der Waals surface area contributed by atoms with Gasteiger partial charge in [-0.05, 0) is 50.8 Å². The number of nitrogens with two attached hydrogens (primary N) is 1. The van der Waals surface area contributed by atoms with Crippen molar-refractivity contribution in [2.24, 2.45) is 10.7 Å². The molecule has 7 heteroatoms. The van der Waals surface area contributed by atoms with Crippen molar-refractivity contribution >= 4 is 11.6 Å². The lowest BCUT2D eigenvalue weighted by Crippen LogP contribution is -2.36. The molecule has 25 heavy (non-hydrogen) atoms. The summed E-state index contributed by atoms with van der Waals surface area (Å²) in [7, 11) is 0. The third kappa shape index (κ3) is 6.34. The van der Waals surface area contributed by atoms with Crippen LogP contribution in [0.5, 0.6) is 0 Å². The van der Waals surface area contributed by atoms with Crippen LogP contribution >= 0.6 is 0 Å². The summed E-state index contributed by atoms with van der Waals surface area (Å²) in [6.45, 7) is 6.01. The summed E-state index contributed by atoms with van der Waals surface area (Å²) >= 11 is 0. The zero-order valence-electron chi connectivity index (χ0n) is 15.0. The standard InChI is InChI=1S/C18H29N5O2/c1-2-22-13-5-7-17(22)14-21-18(19)20-12-4-3-6-15-8-10-16(11-9-15)23(24)25/h8-11,17H,2-7,12-14H2,1H3,(H3,19,20,21). The largest absolute Gasteiger partial charge is 0.370 e. The van der Waals surface area contributed by atoms with E-state index >= 15 is 0 Å². The van der Waals surface area contributed by atoms with Gasteiger partial charge in [0.15, 0.2) is 5.96 Å². The van der Waals surface area contributed by atoms with Crippen LogP contribution in [-0.4, -0.2) is 48.0 Å². The quantitative estimate of drug-likeness (QED) is 0.235. The number of likely N-dealkylation sites (N-methyl/N-ethyl adjacent to an activating group) is 1. The van der Waals surface area contributed by atoms with Crippen molar-refractivity contribution in [3.8, 4) is 0 Å². The first-order chi connectivity index (χ1) is 12.1. The van der Waals surface area contributed by atoms with Gasteiger partial charge >= 0.3 is 0 Å². The maximum atomic E-state index is 10.6. The molecule has 0 spiro atoms. The molecule has 1 aliphatic rings.